The Morgan fingerprint density at radius 2 is 0.862 bits per heavy atom. The molecule has 4 heteroatoms. The summed E-state index contributed by atoms with van der Waals surface area (Å²) in [7, 11) is 0. The molecule has 8 aromatic carbocycles. The lowest BCUT2D eigenvalue weighted by atomic mass is 9.96. The molecule has 4 nitrogen and oxygen atoms in total. The minimum atomic E-state index is 0.542. The van der Waals surface area contributed by atoms with Crippen LogP contribution in [-0.2, 0) is 0 Å². The summed E-state index contributed by atoms with van der Waals surface area (Å²) in [5, 5.41) is 25.5. The minimum Gasteiger partial charge on any atom is -0.308 e. The van der Waals surface area contributed by atoms with E-state index in [1.54, 1.807) is 0 Å². The van der Waals surface area contributed by atoms with E-state index in [2.05, 4.69) is 176 Å². The maximum Gasteiger partial charge on any atom is 0.0993 e. The summed E-state index contributed by atoms with van der Waals surface area (Å²) in [4.78, 5) is 0. The standard InChI is InChI=1S/C54H38N4/c1-33-16-20-42(35(3)24-33)39-18-22-50-46(29-39)44-12-5-7-14-48(44)57(50)52-27-38(32-56)28-53(54(52)41-11-9-10-37(26-41)31-55)58-49-15-8-6-13-45(49)47-30-40(19-23-51(47)58)43-21-17-34(2)25-36(43)4/h5-30H,1-4H3. The maximum absolute atomic E-state index is 10.8. The van der Waals surface area contributed by atoms with Crippen LogP contribution in [0.2, 0.25) is 0 Å². The van der Waals surface area contributed by atoms with E-state index in [1.165, 1.54) is 33.4 Å². The highest BCUT2D eigenvalue weighted by Crippen LogP contribution is 2.44. The van der Waals surface area contributed by atoms with Crippen LogP contribution in [0.15, 0.2) is 158 Å². The first-order chi connectivity index (χ1) is 28.3. The first-order valence-electron chi connectivity index (χ1n) is 19.6. The summed E-state index contributed by atoms with van der Waals surface area (Å²) in [5.41, 5.74) is 18.5. The van der Waals surface area contributed by atoms with Gasteiger partial charge in [0.05, 0.1) is 56.7 Å². The Hall–Kier alpha value is -7.66. The zero-order chi connectivity index (χ0) is 39.7. The van der Waals surface area contributed by atoms with Gasteiger partial charge in [0.25, 0.3) is 0 Å². The van der Waals surface area contributed by atoms with E-state index in [0.717, 1.165) is 77.2 Å². The van der Waals surface area contributed by atoms with E-state index in [4.69, 9.17) is 0 Å². The molecule has 0 aliphatic carbocycles. The fraction of sp³-hybridized carbons (Fsp3) is 0.0741. The topological polar surface area (TPSA) is 57.4 Å². The fourth-order valence-corrected chi connectivity index (χ4v) is 9.14. The molecule has 0 aliphatic rings. The molecule has 0 fully saturated rings. The minimum absolute atomic E-state index is 0.542. The first kappa shape index (κ1) is 34.8. The summed E-state index contributed by atoms with van der Waals surface area (Å²) >= 11 is 0. The number of aromatic nitrogens is 2. The fourth-order valence-electron chi connectivity index (χ4n) is 9.14. The lowest BCUT2D eigenvalue weighted by molar-refractivity contribution is 1.13. The van der Waals surface area contributed by atoms with Crippen LogP contribution in [0.4, 0.5) is 0 Å². The lowest BCUT2D eigenvalue weighted by Crippen LogP contribution is -2.05. The number of rotatable bonds is 5. The van der Waals surface area contributed by atoms with Crippen LogP contribution in [0.1, 0.15) is 33.4 Å². The predicted octanol–water partition coefficient (Wildman–Crippen LogP) is 13.9. The normalized spacial score (nSPS) is 11.4. The van der Waals surface area contributed by atoms with Crippen molar-refractivity contribution >= 4 is 43.6 Å². The number of nitriles is 2. The van der Waals surface area contributed by atoms with Crippen molar-refractivity contribution in [3.05, 3.63) is 191 Å². The van der Waals surface area contributed by atoms with Crippen LogP contribution in [-0.4, -0.2) is 9.13 Å². The number of fused-ring (bicyclic) bond motifs is 6. The highest BCUT2D eigenvalue weighted by atomic mass is 15.0. The van der Waals surface area contributed by atoms with Crippen molar-refractivity contribution in [3.63, 3.8) is 0 Å². The monoisotopic (exact) mass is 742 g/mol. The van der Waals surface area contributed by atoms with Gasteiger partial charge >= 0.3 is 0 Å². The Morgan fingerprint density at radius 1 is 0.379 bits per heavy atom. The molecule has 0 N–H and O–H groups in total. The van der Waals surface area contributed by atoms with Crippen LogP contribution >= 0.6 is 0 Å². The van der Waals surface area contributed by atoms with Gasteiger partial charge in [-0.2, -0.15) is 10.5 Å². The molecule has 58 heavy (non-hydrogen) atoms. The maximum atomic E-state index is 10.8. The Kier molecular flexibility index (Phi) is 8.11. The second kappa shape index (κ2) is 13.5. The number of para-hydroxylation sites is 2. The lowest BCUT2D eigenvalue weighted by Gasteiger charge is -2.21. The average Bonchev–Trinajstić information content (AvgIpc) is 3.75. The Labute approximate surface area is 337 Å². The van der Waals surface area contributed by atoms with Crippen molar-refractivity contribution in [1.29, 1.82) is 10.5 Å². The number of hydrogen-bond acceptors (Lipinski definition) is 2. The summed E-state index contributed by atoms with van der Waals surface area (Å²) in [6.07, 6.45) is 0. The molecule has 2 heterocycles. The van der Waals surface area contributed by atoms with Crippen molar-refractivity contribution in [3.8, 4) is 56.9 Å². The molecule has 274 valence electrons. The van der Waals surface area contributed by atoms with Gasteiger partial charge in [-0.05, 0) is 127 Å². The molecule has 0 unspecified atom stereocenters. The molecular weight excluding hydrogens is 705 g/mol. The third kappa shape index (κ3) is 5.50. The van der Waals surface area contributed by atoms with E-state index in [0.29, 0.717) is 11.1 Å². The average molecular weight is 743 g/mol. The molecule has 2 aromatic heterocycles. The van der Waals surface area contributed by atoms with Crippen molar-refractivity contribution < 1.29 is 0 Å². The Bertz CT molecular complexity index is 3220. The molecule has 10 aromatic rings. The molecular formula is C54H38N4. The molecule has 0 saturated carbocycles. The van der Waals surface area contributed by atoms with Gasteiger partial charge in [0.15, 0.2) is 0 Å². The van der Waals surface area contributed by atoms with E-state index in [9.17, 15) is 10.5 Å². The highest BCUT2D eigenvalue weighted by molar-refractivity contribution is 6.13. The van der Waals surface area contributed by atoms with Crippen LogP contribution in [0.25, 0.3) is 88.4 Å². The van der Waals surface area contributed by atoms with Crippen LogP contribution in [0.5, 0.6) is 0 Å². The molecule has 0 spiro atoms. The number of benzene rings is 8. The summed E-state index contributed by atoms with van der Waals surface area (Å²) in [6, 6.07) is 60.5. The number of nitrogens with zero attached hydrogens (tertiary/aromatic N) is 4. The second-order valence-corrected chi connectivity index (χ2v) is 15.5. The van der Waals surface area contributed by atoms with Crippen molar-refractivity contribution in [2.75, 3.05) is 0 Å². The number of hydrogen-bond donors (Lipinski definition) is 0. The Balaban J connectivity index is 1.32. The van der Waals surface area contributed by atoms with Gasteiger partial charge < -0.3 is 9.13 Å². The van der Waals surface area contributed by atoms with Gasteiger partial charge in [0, 0.05) is 27.1 Å². The van der Waals surface area contributed by atoms with E-state index in [-0.39, 0.29) is 0 Å². The zero-order valence-electron chi connectivity index (χ0n) is 32.8. The first-order valence-corrected chi connectivity index (χ1v) is 19.6. The predicted molar refractivity (Wildman–Crippen MR) is 240 cm³/mol. The van der Waals surface area contributed by atoms with Crippen molar-refractivity contribution in [1.82, 2.24) is 9.13 Å². The van der Waals surface area contributed by atoms with Gasteiger partial charge in [-0.15, -0.1) is 0 Å². The van der Waals surface area contributed by atoms with Gasteiger partial charge in [0.1, 0.15) is 0 Å². The second-order valence-electron chi connectivity index (χ2n) is 15.5. The third-order valence-corrected chi connectivity index (χ3v) is 11.7. The molecule has 0 bridgehead atoms. The quantitative estimate of drug-likeness (QED) is 0.176. The van der Waals surface area contributed by atoms with Gasteiger partial charge in [0.2, 0.25) is 0 Å². The summed E-state index contributed by atoms with van der Waals surface area (Å²) in [6.45, 7) is 8.60. The SMILES string of the molecule is Cc1ccc(-c2ccc3c(c2)c2ccccc2n3-c2cc(C#N)cc(-n3c4ccccc4c4cc(-c5ccc(C)cc5C)ccc43)c2-c2cccc(C#N)c2)c(C)c1. The largest absolute Gasteiger partial charge is 0.308 e. The summed E-state index contributed by atoms with van der Waals surface area (Å²) in [5.74, 6) is 0. The van der Waals surface area contributed by atoms with Crippen LogP contribution in [0, 0.1) is 50.4 Å². The van der Waals surface area contributed by atoms with Crippen molar-refractivity contribution in [2.45, 2.75) is 27.7 Å². The molecule has 0 saturated heterocycles. The van der Waals surface area contributed by atoms with Gasteiger partial charge in [-0.25, -0.2) is 0 Å². The number of aryl methyl sites for hydroxylation is 4. The molecule has 0 radical (unpaired) electrons. The van der Waals surface area contributed by atoms with Crippen LogP contribution in [0.3, 0.4) is 0 Å². The summed E-state index contributed by atoms with van der Waals surface area (Å²) < 4.78 is 4.61. The molecule has 0 aliphatic heterocycles. The molecule has 0 amide bonds. The third-order valence-electron chi connectivity index (χ3n) is 11.7. The Morgan fingerprint density at radius 3 is 1.34 bits per heavy atom. The van der Waals surface area contributed by atoms with E-state index in [1.807, 2.05) is 30.3 Å². The van der Waals surface area contributed by atoms with E-state index >= 15 is 0 Å². The van der Waals surface area contributed by atoms with E-state index < -0.39 is 0 Å². The van der Waals surface area contributed by atoms with Crippen LogP contribution < -0.4 is 0 Å². The van der Waals surface area contributed by atoms with Crippen molar-refractivity contribution in [2.24, 2.45) is 0 Å². The molecule has 10 rings (SSSR count). The highest BCUT2D eigenvalue weighted by Gasteiger charge is 2.24. The molecule has 0 atom stereocenters. The zero-order valence-corrected chi connectivity index (χ0v) is 32.8. The van der Waals surface area contributed by atoms with Gasteiger partial charge in [-0.3, -0.25) is 0 Å². The smallest absolute Gasteiger partial charge is 0.0993 e. The van der Waals surface area contributed by atoms with Gasteiger partial charge in [-0.1, -0.05) is 108 Å².